The van der Waals surface area contributed by atoms with Crippen LogP contribution in [0.25, 0.3) is 11.0 Å². The lowest BCUT2D eigenvalue weighted by Crippen LogP contribution is -2.21. The van der Waals surface area contributed by atoms with Crippen LogP contribution < -0.4 is 4.90 Å². The van der Waals surface area contributed by atoms with Gasteiger partial charge in [0.25, 0.3) is 0 Å². The first-order valence-electron chi connectivity index (χ1n) is 7.17. The van der Waals surface area contributed by atoms with E-state index in [1.165, 1.54) is 18.5 Å². The maximum absolute atomic E-state index is 4.31. The Morgan fingerprint density at radius 3 is 3.00 bits per heavy atom. The van der Waals surface area contributed by atoms with Gasteiger partial charge in [-0.3, -0.25) is 5.10 Å². The molecule has 2 aromatic heterocycles. The molecule has 1 saturated heterocycles. The fraction of sp³-hybridized carbons (Fsp3) is 0.600. The van der Waals surface area contributed by atoms with Gasteiger partial charge in [-0.2, -0.15) is 5.10 Å². The summed E-state index contributed by atoms with van der Waals surface area (Å²) in [6, 6.07) is 2.10. The Kier molecular flexibility index (Phi) is 3.48. The molecule has 0 aromatic carbocycles. The number of aromatic amines is 1. The summed E-state index contributed by atoms with van der Waals surface area (Å²) in [6.45, 7) is 9.23. The van der Waals surface area contributed by atoms with Crippen molar-refractivity contribution in [2.24, 2.45) is 11.3 Å². The van der Waals surface area contributed by atoms with Gasteiger partial charge in [-0.05, 0) is 46.2 Å². The summed E-state index contributed by atoms with van der Waals surface area (Å²) < 4.78 is 0.926. The molecule has 5 heteroatoms. The number of aromatic nitrogens is 3. The molecular weight excluding hydrogens is 316 g/mol. The lowest BCUT2D eigenvalue weighted by Gasteiger charge is -2.24. The summed E-state index contributed by atoms with van der Waals surface area (Å²) >= 11 is 3.54. The highest BCUT2D eigenvalue weighted by Gasteiger charge is 2.28. The molecule has 1 atom stereocenters. The van der Waals surface area contributed by atoms with E-state index in [4.69, 9.17) is 0 Å². The molecule has 1 aliphatic rings. The zero-order valence-electron chi connectivity index (χ0n) is 12.3. The molecule has 0 aliphatic carbocycles. The molecule has 2 aromatic rings. The maximum atomic E-state index is 4.31. The van der Waals surface area contributed by atoms with Crippen LogP contribution in [0.1, 0.15) is 33.6 Å². The molecule has 1 N–H and O–H groups in total. The van der Waals surface area contributed by atoms with Gasteiger partial charge < -0.3 is 4.90 Å². The quantitative estimate of drug-likeness (QED) is 0.901. The van der Waals surface area contributed by atoms with Crippen LogP contribution in [0.2, 0.25) is 0 Å². The van der Waals surface area contributed by atoms with Crippen molar-refractivity contribution in [1.82, 2.24) is 15.2 Å². The Hall–Kier alpha value is -1.10. The highest BCUT2D eigenvalue weighted by Crippen LogP contribution is 2.36. The number of hydrogen-bond donors (Lipinski definition) is 1. The van der Waals surface area contributed by atoms with Gasteiger partial charge in [-0.25, -0.2) is 4.98 Å². The number of fused-ring (bicyclic) bond motifs is 1. The second kappa shape index (κ2) is 5.02. The van der Waals surface area contributed by atoms with Crippen LogP contribution in [0, 0.1) is 11.3 Å². The Labute approximate surface area is 128 Å². The van der Waals surface area contributed by atoms with Gasteiger partial charge in [-0.1, -0.05) is 20.8 Å². The minimum absolute atomic E-state index is 0.407. The highest BCUT2D eigenvalue weighted by molar-refractivity contribution is 9.10. The van der Waals surface area contributed by atoms with Gasteiger partial charge in [0.05, 0.1) is 11.1 Å². The summed E-state index contributed by atoms with van der Waals surface area (Å²) in [7, 11) is 0. The normalized spacial score (nSPS) is 20.0. The second-order valence-corrected chi connectivity index (χ2v) is 7.72. The molecule has 0 radical (unpaired) electrons. The third-order valence-corrected chi connectivity index (χ3v) is 4.49. The summed E-state index contributed by atoms with van der Waals surface area (Å²) in [6.07, 6.45) is 4.41. The predicted octanol–water partition coefficient (Wildman–Crippen LogP) is 3.98. The van der Waals surface area contributed by atoms with E-state index >= 15 is 0 Å². The first-order chi connectivity index (χ1) is 9.44. The van der Waals surface area contributed by atoms with Crippen molar-refractivity contribution >= 4 is 32.7 Å². The van der Waals surface area contributed by atoms with Gasteiger partial charge in [0.2, 0.25) is 0 Å². The third kappa shape index (κ3) is 2.68. The third-order valence-electron chi connectivity index (χ3n) is 3.92. The first kappa shape index (κ1) is 13.9. The smallest absolute Gasteiger partial charge is 0.184 e. The minimum Gasteiger partial charge on any atom is -0.371 e. The summed E-state index contributed by atoms with van der Waals surface area (Å²) in [5.41, 5.74) is 2.44. The van der Waals surface area contributed by atoms with Crippen molar-refractivity contribution < 1.29 is 0 Å². The van der Waals surface area contributed by atoms with Crippen LogP contribution in [-0.4, -0.2) is 28.3 Å². The van der Waals surface area contributed by atoms with Gasteiger partial charge in [0.1, 0.15) is 4.60 Å². The van der Waals surface area contributed by atoms with Crippen molar-refractivity contribution in [1.29, 1.82) is 0 Å². The summed E-state index contributed by atoms with van der Waals surface area (Å²) in [4.78, 5) is 6.79. The minimum atomic E-state index is 0.407. The summed E-state index contributed by atoms with van der Waals surface area (Å²) in [5.74, 6) is 0.781. The second-order valence-electron chi connectivity index (χ2n) is 6.93. The van der Waals surface area contributed by atoms with E-state index in [2.05, 4.69) is 62.8 Å². The molecule has 0 amide bonds. The van der Waals surface area contributed by atoms with E-state index in [1.807, 2.05) is 6.20 Å². The Balaban J connectivity index is 1.85. The molecule has 3 rings (SSSR count). The van der Waals surface area contributed by atoms with Crippen LogP contribution >= 0.6 is 15.9 Å². The van der Waals surface area contributed by atoms with E-state index in [1.54, 1.807) is 0 Å². The number of pyridine rings is 1. The van der Waals surface area contributed by atoms with E-state index in [0.717, 1.165) is 34.6 Å². The lowest BCUT2D eigenvalue weighted by atomic mass is 9.84. The molecule has 0 spiro atoms. The standard InChI is InChI=1S/C15H21BrN4/c1-15(2,3)8-10-5-7-20(9-10)11-4-6-17-14-12(11)13(16)18-19-14/h4,6,10H,5,7-9H2,1-3H3,(H,17,18,19). The van der Waals surface area contributed by atoms with E-state index in [-0.39, 0.29) is 0 Å². The molecule has 0 saturated carbocycles. The number of rotatable bonds is 2. The van der Waals surface area contributed by atoms with Crippen LogP contribution in [0.15, 0.2) is 16.9 Å². The number of halogens is 1. The van der Waals surface area contributed by atoms with Crippen LogP contribution in [-0.2, 0) is 0 Å². The average molecular weight is 337 g/mol. The maximum Gasteiger partial charge on any atom is 0.184 e. The van der Waals surface area contributed by atoms with Crippen LogP contribution in [0.5, 0.6) is 0 Å². The van der Waals surface area contributed by atoms with Crippen LogP contribution in [0.3, 0.4) is 0 Å². The topological polar surface area (TPSA) is 44.8 Å². The molecule has 1 fully saturated rings. The van der Waals surface area contributed by atoms with Gasteiger partial charge in [0.15, 0.2) is 5.65 Å². The predicted molar refractivity (Wildman–Crippen MR) is 86.0 cm³/mol. The fourth-order valence-corrected chi connectivity index (χ4v) is 3.71. The molecule has 1 aliphatic heterocycles. The largest absolute Gasteiger partial charge is 0.371 e. The molecule has 4 nitrogen and oxygen atoms in total. The number of hydrogen-bond acceptors (Lipinski definition) is 3. The van der Waals surface area contributed by atoms with E-state index in [9.17, 15) is 0 Å². The number of nitrogens with zero attached hydrogens (tertiary/aromatic N) is 3. The molecule has 1 unspecified atom stereocenters. The first-order valence-corrected chi connectivity index (χ1v) is 7.97. The van der Waals surface area contributed by atoms with Gasteiger partial charge in [-0.15, -0.1) is 0 Å². The fourth-order valence-electron chi connectivity index (χ4n) is 3.24. The van der Waals surface area contributed by atoms with E-state index in [0.29, 0.717) is 5.41 Å². The lowest BCUT2D eigenvalue weighted by molar-refractivity contribution is 0.308. The molecule has 108 valence electrons. The van der Waals surface area contributed by atoms with Crippen molar-refractivity contribution in [3.63, 3.8) is 0 Å². The zero-order valence-corrected chi connectivity index (χ0v) is 13.9. The van der Waals surface area contributed by atoms with Crippen molar-refractivity contribution in [3.05, 3.63) is 16.9 Å². The molecule has 0 bridgehead atoms. The Morgan fingerprint density at radius 1 is 1.45 bits per heavy atom. The monoisotopic (exact) mass is 336 g/mol. The Morgan fingerprint density at radius 2 is 2.25 bits per heavy atom. The zero-order chi connectivity index (χ0) is 14.3. The van der Waals surface area contributed by atoms with Crippen LogP contribution in [0.4, 0.5) is 5.69 Å². The number of H-pyrrole nitrogens is 1. The van der Waals surface area contributed by atoms with Gasteiger partial charge >= 0.3 is 0 Å². The van der Waals surface area contributed by atoms with Crippen molar-refractivity contribution in [3.8, 4) is 0 Å². The van der Waals surface area contributed by atoms with Gasteiger partial charge in [0, 0.05) is 19.3 Å². The highest BCUT2D eigenvalue weighted by atomic mass is 79.9. The van der Waals surface area contributed by atoms with Crippen molar-refractivity contribution in [2.45, 2.75) is 33.6 Å². The van der Waals surface area contributed by atoms with Crippen molar-refractivity contribution in [2.75, 3.05) is 18.0 Å². The number of anilines is 1. The summed E-state index contributed by atoms with van der Waals surface area (Å²) in [5, 5.41) is 8.29. The molecule has 3 heterocycles. The molecule has 20 heavy (non-hydrogen) atoms. The van der Waals surface area contributed by atoms with E-state index < -0.39 is 0 Å². The Bertz CT molecular complexity index is 614. The SMILES string of the molecule is CC(C)(C)CC1CCN(c2ccnc3n[nH]c(Br)c23)C1. The number of nitrogens with one attached hydrogen (secondary N) is 1. The molecular formula is C15H21BrN4. The average Bonchev–Trinajstić information content (AvgIpc) is 2.95.